The van der Waals surface area contributed by atoms with Crippen LogP contribution in [0.3, 0.4) is 0 Å². The van der Waals surface area contributed by atoms with Crippen molar-refractivity contribution in [1.29, 1.82) is 0 Å². The molecular formula is C16H12BrClN2O. The van der Waals surface area contributed by atoms with E-state index in [0.29, 0.717) is 11.0 Å². The van der Waals surface area contributed by atoms with Gasteiger partial charge in [-0.2, -0.15) is 0 Å². The Bertz CT molecular complexity index is 813. The van der Waals surface area contributed by atoms with Crippen LogP contribution < -0.4 is 4.74 Å². The van der Waals surface area contributed by atoms with Gasteiger partial charge in [-0.1, -0.05) is 45.7 Å². The van der Waals surface area contributed by atoms with Gasteiger partial charge in [0.1, 0.15) is 5.75 Å². The predicted molar refractivity (Wildman–Crippen MR) is 88.2 cm³/mol. The molecule has 1 aromatic heterocycles. The van der Waals surface area contributed by atoms with Gasteiger partial charge in [-0.05, 0) is 43.2 Å². The Morgan fingerprint density at radius 3 is 2.29 bits per heavy atom. The maximum atomic E-state index is 6.07. The third-order valence-electron chi connectivity index (χ3n) is 3.23. The van der Waals surface area contributed by atoms with Crippen LogP contribution in [-0.4, -0.2) is 10.2 Å². The van der Waals surface area contributed by atoms with Crippen molar-refractivity contribution in [1.82, 2.24) is 10.2 Å². The molecule has 3 nitrogen and oxygen atoms in total. The lowest BCUT2D eigenvalue weighted by molar-refractivity contribution is 0.461. The SMILES string of the molecule is Cc1cc(Oc2nnc(Cl)c3ccccc23)cc(C)c1Br. The monoisotopic (exact) mass is 362 g/mol. The van der Waals surface area contributed by atoms with E-state index in [-0.39, 0.29) is 0 Å². The number of nitrogens with zero attached hydrogens (tertiary/aromatic N) is 2. The third kappa shape index (κ3) is 2.74. The van der Waals surface area contributed by atoms with Crippen molar-refractivity contribution in [2.24, 2.45) is 0 Å². The molecule has 3 aromatic rings. The highest BCUT2D eigenvalue weighted by Crippen LogP contribution is 2.33. The minimum Gasteiger partial charge on any atom is -0.437 e. The molecular weight excluding hydrogens is 352 g/mol. The Morgan fingerprint density at radius 1 is 1.00 bits per heavy atom. The molecule has 0 bridgehead atoms. The zero-order chi connectivity index (χ0) is 15.0. The number of aromatic nitrogens is 2. The molecule has 2 aromatic carbocycles. The number of benzene rings is 2. The first-order chi connectivity index (χ1) is 10.1. The van der Waals surface area contributed by atoms with E-state index in [9.17, 15) is 0 Å². The van der Waals surface area contributed by atoms with E-state index in [2.05, 4.69) is 26.1 Å². The summed E-state index contributed by atoms with van der Waals surface area (Å²) in [6, 6.07) is 11.6. The van der Waals surface area contributed by atoms with E-state index in [0.717, 1.165) is 32.1 Å². The summed E-state index contributed by atoms with van der Waals surface area (Å²) in [6.07, 6.45) is 0. The van der Waals surface area contributed by atoms with Crippen molar-refractivity contribution in [3.8, 4) is 11.6 Å². The summed E-state index contributed by atoms with van der Waals surface area (Å²) in [5.41, 5.74) is 2.22. The second-order valence-corrected chi connectivity index (χ2v) is 5.97. The minimum absolute atomic E-state index is 0.376. The Hall–Kier alpha value is -1.65. The van der Waals surface area contributed by atoms with Crippen molar-refractivity contribution in [3.63, 3.8) is 0 Å². The number of fused-ring (bicyclic) bond motifs is 1. The van der Waals surface area contributed by atoms with E-state index < -0.39 is 0 Å². The van der Waals surface area contributed by atoms with Crippen LogP contribution in [0.4, 0.5) is 0 Å². The van der Waals surface area contributed by atoms with Crippen molar-refractivity contribution >= 4 is 38.3 Å². The van der Waals surface area contributed by atoms with Crippen molar-refractivity contribution in [2.45, 2.75) is 13.8 Å². The van der Waals surface area contributed by atoms with Gasteiger partial charge in [-0.15, -0.1) is 10.2 Å². The average molecular weight is 364 g/mol. The highest BCUT2D eigenvalue weighted by atomic mass is 79.9. The van der Waals surface area contributed by atoms with E-state index in [1.807, 2.05) is 50.2 Å². The Labute approximate surface area is 136 Å². The lowest BCUT2D eigenvalue weighted by Gasteiger charge is -2.10. The first-order valence-electron chi connectivity index (χ1n) is 6.42. The molecule has 1 heterocycles. The largest absolute Gasteiger partial charge is 0.437 e. The number of hydrogen-bond donors (Lipinski definition) is 0. The van der Waals surface area contributed by atoms with E-state index in [1.54, 1.807) is 0 Å². The van der Waals surface area contributed by atoms with Crippen LogP contribution >= 0.6 is 27.5 Å². The summed E-state index contributed by atoms with van der Waals surface area (Å²) < 4.78 is 7.00. The maximum absolute atomic E-state index is 6.07. The molecule has 0 N–H and O–H groups in total. The zero-order valence-electron chi connectivity index (χ0n) is 11.5. The van der Waals surface area contributed by atoms with Crippen LogP contribution in [0, 0.1) is 13.8 Å². The zero-order valence-corrected chi connectivity index (χ0v) is 13.9. The quantitative estimate of drug-likeness (QED) is 0.607. The van der Waals surface area contributed by atoms with Crippen molar-refractivity contribution in [3.05, 3.63) is 57.2 Å². The van der Waals surface area contributed by atoms with Gasteiger partial charge in [0.15, 0.2) is 5.15 Å². The first kappa shape index (κ1) is 14.3. The van der Waals surface area contributed by atoms with Gasteiger partial charge in [0.2, 0.25) is 5.88 Å². The molecule has 0 atom stereocenters. The Morgan fingerprint density at radius 2 is 1.62 bits per heavy atom. The molecule has 0 amide bonds. The van der Waals surface area contributed by atoms with Gasteiger partial charge >= 0.3 is 0 Å². The summed E-state index contributed by atoms with van der Waals surface area (Å²) >= 11 is 9.61. The second kappa shape index (κ2) is 5.62. The number of ether oxygens (including phenoxy) is 1. The van der Waals surface area contributed by atoms with Crippen LogP contribution in [-0.2, 0) is 0 Å². The molecule has 0 unspecified atom stereocenters. The number of rotatable bonds is 2. The topological polar surface area (TPSA) is 35.0 Å². The summed E-state index contributed by atoms with van der Waals surface area (Å²) in [5.74, 6) is 1.19. The molecule has 0 radical (unpaired) electrons. The van der Waals surface area contributed by atoms with Crippen LogP contribution in [0.2, 0.25) is 5.15 Å². The minimum atomic E-state index is 0.376. The molecule has 0 saturated carbocycles. The predicted octanol–water partition coefficient (Wildman–Crippen LogP) is 5.45. The lowest BCUT2D eigenvalue weighted by Crippen LogP contribution is -1.94. The van der Waals surface area contributed by atoms with E-state index in [1.165, 1.54) is 0 Å². The summed E-state index contributed by atoms with van der Waals surface area (Å²) in [7, 11) is 0. The fourth-order valence-electron chi connectivity index (χ4n) is 2.20. The molecule has 0 aliphatic carbocycles. The molecule has 0 fully saturated rings. The highest BCUT2D eigenvalue weighted by molar-refractivity contribution is 9.10. The maximum Gasteiger partial charge on any atom is 0.246 e. The average Bonchev–Trinajstić information content (AvgIpc) is 2.48. The first-order valence-corrected chi connectivity index (χ1v) is 7.59. The molecule has 0 spiro atoms. The van der Waals surface area contributed by atoms with Gasteiger partial charge < -0.3 is 4.74 Å². The lowest BCUT2D eigenvalue weighted by atomic mass is 10.1. The van der Waals surface area contributed by atoms with Crippen LogP contribution in [0.1, 0.15) is 11.1 Å². The van der Waals surface area contributed by atoms with Crippen molar-refractivity contribution < 1.29 is 4.74 Å². The summed E-state index contributed by atoms with van der Waals surface area (Å²) in [6.45, 7) is 4.05. The van der Waals surface area contributed by atoms with Gasteiger partial charge in [-0.3, -0.25) is 0 Å². The Kier molecular flexibility index (Phi) is 3.83. The number of hydrogen-bond acceptors (Lipinski definition) is 3. The number of aryl methyl sites for hydroxylation is 2. The van der Waals surface area contributed by atoms with Crippen LogP contribution in [0.25, 0.3) is 10.8 Å². The summed E-state index contributed by atoms with van der Waals surface area (Å²) in [5, 5.41) is 10.1. The molecule has 0 aliphatic rings. The van der Waals surface area contributed by atoms with Gasteiger partial charge in [0.25, 0.3) is 0 Å². The molecule has 106 valence electrons. The van der Waals surface area contributed by atoms with E-state index in [4.69, 9.17) is 16.3 Å². The van der Waals surface area contributed by atoms with Gasteiger partial charge in [0.05, 0.1) is 0 Å². The second-order valence-electron chi connectivity index (χ2n) is 4.81. The molecule has 0 aliphatic heterocycles. The summed E-state index contributed by atoms with van der Waals surface area (Å²) in [4.78, 5) is 0. The third-order valence-corrected chi connectivity index (χ3v) is 4.76. The van der Waals surface area contributed by atoms with Gasteiger partial charge in [-0.25, -0.2) is 0 Å². The van der Waals surface area contributed by atoms with Crippen LogP contribution in [0.5, 0.6) is 11.6 Å². The fraction of sp³-hybridized carbons (Fsp3) is 0.125. The van der Waals surface area contributed by atoms with Crippen LogP contribution in [0.15, 0.2) is 40.9 Å². The highest BCUT2D eigenvalue weighted by Gasteiger charge is 2.11. The number of halogens is 2. The van der Waals surface area contributed by atoms with Gasteiger partial charge in [0, 0.05) is 15.2 Å². The molecule has 5 heteroatoms. The molecule has 21 heavy (non-hydrogen) atoms. The molecule has 0 saturated heterocycles. The fourth-order valence-corrected chi connectivity index (χ4v) is 2.63. The van der Waals surface area contributed by atoms with Crippen molar-refractivity contribution in [2.75, 3.05) is 0 Å². The smallest absolute Gasteiger partial charge is 0.246 e. The Balaban J connectivity index is 2.09. The standard InChI is InChI=1S/C16H12BrClN2O/c1-9-7-11(8-10(2)14(9)17)21-16-13-6-4-3-5-12(13)15(18)19-20-16/h3-8H,1-2H3. The molecule has 3 rings (SSSR count). The normalized spacial score (nSPS) is 10.9. The van der Waals surface area contributed by atoms with E-state index >= 15 is 0 Å².